The summed E-state index contributed by atoms with van der Waals surface area (Å²) in [4.78, 5) is 13.7. The van der Waals surface area contributed by atoms with Crippen molar-refractivity contribution in [3.05, 3.63) is 78.3 Å². The lowest BCUT2D eigenvalue weighted by molar-refractivity contribution is 0.0969. The van der Waals surface area contributed by atoms with E-state index in [1.807, 2.05) is 30.3 Å². The molecule has 1 atom stereocenters. The summed E-state index contributed by atoms with van der Waals surface area (Å²) in [7, 11) is 4.96. The molecule has 1 unspecified atom stereocenters. The molecule has 0 fully saturated rings. The van der Waals surface area contributed by atoms with Crippen molar-refractivity contribution in [2.24, 2.45) is 7.05 Å². The van der Waals surface area contributed by atoms with Gasteiger partial charge in [0.15, 0.2) is 5.78 Å². The molecule has 0 aliphatic rings. The zero-order valence-electron chi connectivity index (χ0n) is 17.4. The van der Waals surface area contributed by atoms with Crippen molar-refractivity contribution < 1.29 is 18.8 Å². The second kappa shape index (κ2) is 8.74. The molecule has 4 aromatic rings. The normalized spacial score (nSPS) is 11.7. The second-order valence-electron chi connectivity index (χ2n) is 6.93. The van der Waals surface area contributed by atoms with Crippen LogP contribution < -0.4 is 14.8 Å². The number of methoxy groups -OCH3 is 2. The van der Waals surface area contributed by atoms with Crippen molar-refractivity contribution in [3.63, 3.8) is 0 Å². The summed E-state index contributed by atoms with van der Waals surface area (Å²) in [6.45, 7) is 0. The van der Waals surface area contributed by atoms with Gasteiger partial charge in [0, 0.05) is 42.7 Å². The Hall–Kier alpha value is -4.07. The average Bonchev–Trinajstić information content (AvgIpc) is 3.46. The van der Waals surface area contributed by atoms with Crippen LogP contribution in [-0.4, -0.2) is 34.9 Å². The quantitative estimate of drug-likeness (QED) is 0.430. The highest BCUT2D eigenvalue weighted by Gasteiger charge is 2.28. The number of benzene rings is 2. The number of aryl methyl sites for hydroxylation is 1. The number of ketones is 1. The fourth-order valence-electron chi connectivity index (χ4n) is 3.32. The Labute approximate surface area is 179 Å². The van der Waals surface area contributed by atoms with Gasteiger partial charge in [-0.15, -0.1) is 0 Å². The Bertz CT molecular complexity index is 1160. The maximum absolute atomic E-state index is 13.7. The van der Waals surface area contributed by atoms with Crippen LogP contribution in [0.2, 0.25) is 0 Å². The molecule has 1 N–H and O–H groups in total. The van der Waals surface area contributed by atoms with Crippen molar-refractivity contribution in [1.82, 2.24) is 14.9 Å². The molecule has 0 amide bonds. The molecule has 8 heteroatoms. The number of nitrogens with one attached hydrogen (secondary N) is 1. The molecule has 31 heavy (non-hydrogen) atoms. The van der Waals surface area contributed by atoms with Crippen molar-refractivity contribution >= 4 is 11.5 Å². The van der Waals surface area contributed by atoms with Crippen LogP contribution in [0.5, 0.6) is 11.5 Å². The lowest BCUT2D eigenvalue weighted by atomic mass is 9.96. The molecule has 0 bridgehead atoms. The van der Waals surface area contributed by atoms with Crippen molar-refractivity contribution in [3.8, 4) is 22.8 Å². The topological polar surface area (TPSA) is 91.4 Å². The summed E-state index contributed by atoms with van der Waals surface area (Å²) in [6, 6.07) is 14.2. The fourth-order valence-corrected chi connectivity index (χ4v) is 3.32. The van der Waals surface area contributed by atoms with Gasteiger partial charge >= 0.3 is 0 Å². The van der Waals surface area contributed by atoms with Gasteiger partial charge in [0.1, 0.15) is 29.5 Å². The zero-order chi connectivity index (χ0) is 21.8. The molecule has 8 nitrogen and oxygen atoms in total. The minimum Gasteiger partial charge on any atom is -0.497 e. The molecule has 0 aliphatic carbocycles. The lowest BCUT2D eigenvalue weighted by Gasteiger charge is -2.20. The minimum absolute atomic E-state index is 0.187. The highest BCUT2D eigenvalue weighted by molar-refractivity contribution is 6.06. The third-order valence-corrected chi connectivity index (χ3v) is 4.87. The minimum atomic E-state index is -0.687. The molecule has 2 aromatic heterocycles. The first-order valence-electron chi connectivity index (χ1n) is 9.61. The van der Waals surface area contributed by atoms with Crippen LogP contribution in [0.15, 0.2) is 71.7 Å². The highest BCUT2D eigenvalue weighted by Crippen LogP contribution is 2.32. The molecule has 4 rings (SSSR count). The standard InChI is InChI=1S/C23H22N4O4/c1-27-13-16(12-24-27)21-20(14-31-26-21)23(28)22(15-7-5-4-6-8-15)25-17-9-18(29-2)11-19(10-17)30-3/h4-14,22,25H,1-3H3. The van der Waals surface area contributed by atoms with E-state index in [-0.39, 0.29) is 5.78 Å². The molecule has 0 saturated carbocycles. The Kier molecular flexibility index (Phi) is 5.70. The molecule has 2 heterocycles. The van der Waals surface area contributed by atoms with Gasteiger partial charge in [-0.25, -0.2) is 0 Å². The third kappa shape index (κ3) is 4.28. The maximum Gasteiger partial charge on any atom is 0.195 e. The first-order valence-corrected chi connectivity index (χ1v) is 9.61. The van der Waals surface area contributed by atoms with Gasteiger partial charge < -0.3 is 19.3 Å². The summed E-state index contributed by atoms with van der Waals surface area (Å²) in [5.41, 5.74) is 2.99. The van der Waals surface area contributed by atoms with Crippen molar-refractivity contribution in [2.45, 2.75) is 6.04 Å². The Morgan fingerprint density at radius 2 is 1.81 bits per heavy atom. The van der Waals surface area contributed by atoms with Crippen LogP contribution in [0.4, 0.5) is 5.69 Å². The molecule has 0 radical (unpaired) electrons. The molecule has 2 aromatic carbocycles. The number of hydrogen-bond donors (Lipinski definition) is 1. The molecule has 0 aliphatic heterocycles. The number of nitrogens with zero attached hydrogens (tertiary/aromatic N) is 3. The Balaban J connectivity index is 1.74. The number of Topliss-reactive ketones (excluding diaryl/α,β-unsaturated/α-hetero) is 1. The van der Waals surface area contributed by atoms with Crippen LogP contribution >= 0.6 is 0 Å². The van der Waals surface area contributed by atoms with E-state index in [1.54, 1.807) is 56.5 Å². The van der Waals surface area contributed by atoms with Crippen LogP contribution in [0.3, 0.4) is 0 Å². The van der Waals surface area contributed by atoms with Crippen molar-refractivity contribution in [2.75, 3.05) is 19.5 Å². The van der Waals surface area contributed by atoms with E-state index in [9.17, 15) is 4.79 Å². The van der Waals surface area contributed by atoms with E-state index in [1.165, 1.54) is 6.26 Å². The smallest absolute Gasteiger partial charge is 0.195 e. The largest absolute Gasteiger partial charge is 0.497 e. The van der Waals surface area contributed by atoms with Crippen molar-refractivity contribution in [1.29, 1.82) is 0 Å². The first-order chi connectivity index (χ1) is 15.1. The number of rotatable bonds is 8. The third-order valence-electron chi connectivity index (χ3n) is 4.87. The van der Waals surface area contributed by atoms with Gasteiger partial charge in [0.25, 0.3) is 0 Å². The average molecular weight is 418 g/mol. The van der Waals surface area contributed by atoms with E-state index >= 15 is 0 Å². The number of carbonyl (C=O) groups is 1. The Morgan fingerprint density at radius 1 is 1.10 bits per heavy atom. The van der Waals surface area contributed by atoms with E-state index in [0.29, 0.717) is 34.0 Å². The number of hydrogen-bond acceptors (Lipinski definition) is 7. The van der Waals surface area contributed by atoms with Gasteiger partial charge in [0.2, 0.25) is 0 Å². The van der Waals surface area contributed by atoms with Crippen LogP contribution in [-0.2, 0) is 7.05 Å². The van der Waals surface area contributed by atoms with Crippen LogP contribution in [0.25, 0.3) is 11.3 Å². The molecular formula is C23H22N4O4. The summed E-state index contributed by atoms with van der Waals surface area (Å²) in [6.07, 6.45) is 4.80. The van der Waals surface area contributed by atoms with E-state index in [4.69, 9.17) is 14.0 Å². The number of carbonyl (C=O) groups excluding carboxylic acids is 1. The number of anilines is 1. The van der Waals surface area contributed by atoms with Crippen LogP contribution in [0.1, 0.15) is 22.0 Å². The van der Waals surface area contributed by atoms with Crippen LogP contribution in [0, 0.1) is 0 Å². The fraction of sp³-hybridized carbons (Fsp3) is 0.174. The van der Waals surface area contributed by atoms with E-state index < -0.39 is 6.04 Å². The van der Waals surface area contributed by atoms with Gasteiger partial charge in [-0.1, -0.05) is 35.5 Å². The molecule has 0 saturated heterocycles. The first kappa shape index (κ1) is 20.2. The highest BCUT2D eigenvalue weighted by atomic mass is 16.5. The zero-order valence-corrected chi connectivity index (χ0v) is 17.4. The van der Waals surface area contributed by atoms with Gasteiger partial charge in [-0.05, 0) is 5.56 Å². The predicted octanol–water partition coefficient (Wildman–Crippen LogP) is 4.13. The van der Waals surface area contributed by atoms with Gasteiger partial charge in [-0.2, -0.15) is 5.10 Å². The second-order valence-corrected chi connectivity index (χ2v) is 6.93. The number of ether oxygens (including phenoxy) is 2. The molecule has 0 spiro atoms. The van der Waals surface area contributed by atoms with Gasteiger partial charge in [-0.3, -0.25) is 9.48 Å². The van der Waals surface area contributed by atoms with E-state index in [2.05, 4.69) is 15.6 Å². The summed E-state index contributed by atoms with van der Waals surface area (Å²) in [5.74, 6) is 1.04. The summed E-state index contributed by atoms with van der Waals surface area (Å²) >= 11 is 0. The summed E-state index contributed by atoms with van der Waals surface area (Å²) in [5, 5.41) is 11.5. The SMILES string of the molecule is COc1cc(NC(C(=O)c2conc2-c2cnn(C)c2)c2ccccc2)cc(OC)c1. The monoisotopic (exact) mass is 418 g/mol. The summed E-state index contributed by atoms with van der Waals surface area (Å²) < 4.78 is 17.5. The molecular weight excluding hydrogens is 396 g/mol. The predicted molar refractivity (Wildman–Crippen MR) is 115 cm³/mol. The number of aromatic nitrogens is 3. The lowest BCUT2D eigenvalue weighted by Crippen LogP contribution is -2.21. The molecule has 158 valence electrons. The Morgan fingerprint density at radius 3 is 2.42 bits per heavy atom. The maximum atomic E-state index is 13.7. The van der Waals surface area contributed by atoms with Gasteiger partial charge in [0.05, 0.1) is 26.0 Å². The van der Waals surface area contributed by atoms with E-state index in [0.717, 1.165) is 5.56 Å².